The van der Waals surface area contributed by atoms with E-state index in [1.165, 1.54) is 6.08 Å². The van der Waals surface area contributed by atoms with Crippen molar-refractivity contribution in [2.24, 2.45) is 0 Å². The second-order valence-corrected chi connectivity index (χ2v) is 4.29. The first kappa shape index (κ1) is 10.8. The summed E-state index contributed by atoms with van der Waals surface area (Å²) in [7, 11) is 0. The molecule has 0 aromatic rings. The average Bonchev–Trinajstić information content (AvgIpc) is 2.48. The molecule has 1 saturated heterocycles. The highest BCUT2D eigenvalue weighted by molar-refractivity contribution is 5.76. The minimum atomic E-state index is -1.08. The predicted molar refractivity (Wildman–Crippen MR) is 50.0 cm³/mol. The van der Waals surface area contributed by atoms with Crippen LogP contribution in [0.4, 0.5) is 0 Å². The molecule has 0 aromatic heterocycles. The number of hydrogen-bond donors (Lipinski definition) is 2. The van der Waals surface area contributed by atoms with Crippen molar-refractivity contribution in [3.8, 4) is 0 Å². The number of rotatable bonds is 1. The summed E-state index contributed by atoms with van der Waals surface area (Å²) >= 11 is 0. The van der Waals surface area contributed by atoms with Crippen molar-refractivity contribution in [1.29, 1.82) is 0 Å². The zero-order valence-corrected chi connectivity index (χ0v) is 8.58. The molecule has 2 aliphatic rings. The van der Waals surface area contributed by atoms with Gasteiger partial charge in [0.2, 0.25) is 0 Å². The molecule has 5 nitrogen and oxygen atoms in total. The van der Waals surface area contributed by atoms with Gasteiger partial charge in [-0.2, -0.15) is 0 Å². The van der Waals surface area contributed by atoms with Crippen LogP contribution in [0, 0.1) is 0 Å². The van der Waals surface area contributed by atoms with Crippen molar-refractivity contribution >= 4 is 6.29 Å². The highest BCUT2D eigenvalue weighted by Crippen LogP contribution is 2.36. The zero-order chi connectivity index (χ0) is 11.2. The average molecular weight is 214 g/mol. The molecule has 2 N–H and O–H groups in total. The van der Waals surface area contributed by atoms with E-state index in [1.54, 1.807) is 13.8 Å². The van der Waals surface area contributed by atoms with Crippen molar-refractivity contribution in [3.05, 3.63) is 11.6 Å². The molecule has 1 aliphatic heterocycles. The molecule has 4 atom stereocenters. The minimum absolute atomic E-state index is 0.323. The third-order valence-electron chi connectivity index (χ3n) is 2.64. The van der Waals surface area contributed by atoms with Crippen molar-refractivity contribution < 1.29 is 24.5 Å². The summed E-state index contributed by atoms with van der Waals surface area (Å²) in [6, 6.07) is 0. The van der Waals surface area contributed by atoms with Gasteiger partial charge in [0.15, 0.2) is 5.79 Å². The zero-order valence-electron chi connectivity index (χ0n) is 8.58. The van der Waals surface area contributed by atoms with E-state index in [0.29, 0.717) is 11.9 Å². The van der Waals surface area contributed by atoms with Crippen LogP contribution in [0.3, 0.4) is 0 Å². The van der Waals surface area contributed by atoms with E-state index in [9.17, 15) is 15.0 Å². The van der Waals surface area contributed by atoms with E-state index in [2.05, 4.69) is 0 Å². The second kappa shape index (κ2) is 3.38. The number of hydrogen-bond acceptors (Lipinski definition) is 5. The molecular weight excluding hydrogens is 200 g/mol. The normalized spacial score (nSPS) is 43.3. The lowest BCUT2D eigenvalue weighted by molar-refractivity contribution is -0.158. The Morgan fingerprint density at radius 3 is 2.67 bits per heavy atom. The summed E-state index contributed by atoms with van der Waals surface area (Å²) in [5, 5.41) is 19.2. The summed E-state index contributed by atoms with van der Waals surface area (Å²) in [5.74, 6) is -0.845. The maximum atomic E-state index is 10.8. The van der Waals surface area contributed by atoms with E-state index in [0.717, 1.165) is 0 Å². The Morgan fingerprint density at radius 2 is 2.07 bits per heavy atom. The topological polar surface area (TPSA) is 76.0 Å². The van der Waals surface area contributed by atoms with Gasteiger partial charge < -0.3 is 19.7 Å². The molecule has 1 aliphatic carbocycles. The summed E-state index contributed by atoms with van der Waals surface area (Å²) < 4.78 is 10.9. The third kappa shape index (κ3) is 1.72. The van der Waals surface area contributed by atoms with Crippen LogP contribution in [0.15, 0.2) is 11.6 Å². The molecule has 0 unspecified atom stereocenters. The number of aliphatic hydroxyl groups is 2. The van der Waals surface area contributed by atoms with Crippen LogP contribution in [0.5, 0.6) is 0 Å². The Kier molecular flexibility index (Phi) is 2.42. The standard InChI is InChI=1S/C10H14O5/c1-10(2)14-8-5(4-11)3-6(12)7(13)9(8)15-10/h3-4,6-9,12-13H,1-2H3/t6-,7+,8+,9-/m0/s1. The number of fused-ring (bicyclic) bond motifs is 1. The third-order valence-corrected chi connectivity index (χ3v) is 2.64. The first-order valence-corrected chi connectivity index (χ1v) is 4.83. The Balaban J connectivity index is 2.32. The molecular formula is C10H14O5. The maximum absolute atomic E-state index is 10.8. The van der Waals surface area contributed by atoms with E-state index < -0.39 is 30.2 Å². The van der Waals surface area contributed by atoms with Crippen LogP contribution in [0.2, 0.25) is 0 Å². The van der Waals surface area contributed by atoms with Crippen LogP contribution in [0.25, 0.3) is 0 Å². The molecule has 0 saturated carbocycles. The summed E-state index contributed by atoms with van der Waals surface area (Å²) in [5.41, 5.74) is 0.323. The van der Waals surface area contributed by atoms with Gasteiger partial charge in [-0.15, -0.1) is 0 Å². The van der Waals surface area contributed by atoms with E-state index in [4.69, 9.17) is 9.47 Å². The predicted octanol–water partition coefficient (Wildman–Crippen LogP) is -0.633. The van der Waals surface area contributed by atoms with Gasteiger partial charge in [0, 0.05) is 5.57 Å². The molecule has 0 aromatic carbocycles. The lowest BCUT2D eigenvalue weighted by Crippen LogP contribution is -2.47. The molecule has 0 amide bonds. The number of carbonyl (C=O) groups excluding carboxylic acids is 1. The highest BCUT2D eigenvalue weighted by atomic mass is 16.8. The van der Waals surface area contributed by atoms with Crippen molar-refractivity contribution in [2.75, 3.05) is 0 Å². The molecule has 2 rings (SSSR count). The summed E-state index contributed by atoms with van der Waals surface area (Å²) in [6.45, 7) is 3.40. The fourth-order valence-corrected chi connectivity index (χ4v) is 1.99. The van der Waals surface area contributed by atoms with Gasteiger partial charge in [-0.25, -0.2) is 0 Å². The van der Waals surface area contributed by atoms with Crippen molar-refractivity contribution in [3.63, 3.8) is 0 Å². The number of aliphatic hydroxyl groups excluding tert-OH is 2. The molecule has 5 heteroatoms. The van der Waals surface area contributed by atoms with Gasteiger partial charge in [0.1, 0.15) is 30.7 Å². The lowest BCUT2D eigenvalue weighted by atomic mass is 9.90. The molecule has 0 bridgehead atoms. The fourth-order valence-electron chi connectivity index (χ4n) is 1.99. The van der Waals surface area contributed by atoms with E-state index in [1.807, 2.05) is 0 Å². The van der Waals surface area contributed by atoms with Gasteiger partial charge >= 0.3 is 0 Å². The molecule has 0 radical (unpaired) electrons. The van der Waals surface area contributed by atoms with Crippen molar-refractivity contribution in [2.45, 2.75) is 44.1 Å². The van der Waals surface area contributed by atoms with Gasteiger partial charge in [-0.3, -0.25) is 4.79 Å². The van der Waals surface area contributed by atoms with Crippen LogP contribution < -0.4 is 0 Å². The quantitative estimate of drug-likeness (QED) is 0.568. The van der Waals surface area contributed by atoms with Gasteiger partial charge in [0.05, 0.1) is 0 Å². The maximum Gasteiger partial charge on any atom is 0.164 e. The van der Waals surface area contributed by atoms with Gasteiger partial charge in [0.25, 0.3) is 0 Å². The summed E-state index contributed by atoms with van der Waals surface area (Å²) in [6.07, 6.45) is -1.47. The fraction of sp³-hybridized carbons (Fsp3) is 0.700. The minimum Gasteiger partial charge on any atom is -0.387 e. The number of aldehydes is 1. The molecule has 1 heterocycles. The number of carbonyl (C=O) groups is 1. The molecule has 84 valence electrons. The molecule has 15 heavy (non-hydrogen) atoms. The smallest absolute Gasteiger partial charge is 0.164 e. The monoisotopic (exact) mass is 214 g/mol. The summed E-state index contributed by atoms with van der Waals surface area (Å²) in [4.78, 5) is 10.8. The van der Waals surface area contributed by atoms with Gasteiger partial charge in [-0.1, -0.05) is 0 Å². The van der Waals surface area contributed by atoms with Crippen LogP contribution in [-0.2, 0) is 14.3 Å². The largest absolute Gasteiger partial charge is 0.387 e. The van der Waals surface area contributed by atoms with Crippen LogP contribution >= 0.6 is 0 Å². The van der Waals surface area contributed by atoms with E-state index >= 15 is 0 Å². The van der Waals surface area contributed by atoms with Crippen molar-refractivity contribution in [1.82, 2.24) is 0 Å². The SMILES string of the molecule is CC1(C)O[C@H]2[C@H](O)[C@@H](O)C=C(C=O)[C@H]2O1. The number of ether oxygens (including phenoxy) is 2. The Hall–Kier alpha value is -0.750. The molecule has 1 fully saturated rings. The second-order valence-electron chi connectivity index (χ2n) is 4.29. The first-order chi connectivity index (χ1) is 6.94. The van der Waals surface area contributed by atoms with E-state index in [-0.39, 0.29) is 0 Å². The lowest BCUT2D eigenvalue weighted by Gasteiger charge is -2.29. The Bertz CT molecular complexity index is 309. The Labute approximate surface area is 87.3 Å². The highest BCUT2D eigenvalue weighted by Gasteiger charge is 2.50. The van der Waals surface area contributed by atoms with Crippen LogP contribution in [-0.4, -0.2) is 46.7 Å². The Morgan fingerprint density at radius 1 is 1.40 bits per heavy atom. The van der Waals surface area contributed by atoms with Gasteiger partial charge in [-0.05, 0) is 19.9 Å². The molecule has 0 spiro atoms. The first-order valence-electron chi connectivity index (χ1n) is 4.83. The van der Waals surface area contributed by atoms with Crippen LogP contribution in [0.1, 0.15) is 13.8 Å².